The number of hydrogen-bond acceptors (Lipinski definition) is 3. The lowest BCUT2D eigenvalue weighted by Crippen LogP contribution is -2.37. The van der Waals surface area contributed by atoms with Crippen molar-refractivity contribution in [2.45, 2.75) is 37.6 Å². The average Bonchev–Trinajstić information content (AvgIpc) is 1.89. The molecule has 0 spiro atoms. The molecule has 0 aromatic rings. The second-order valence-electron chi connectivity index (χ2n) is 2.67. The van der Waals surface area contributed by atoms with Crippen LogP contribution in [0.3, 0.4) is 0 Å². The van der Waals surface area contributed by atoms with E-state index < -0.39 is 9.93 Å². The van der Waals surface area contributed by atoms with Crippen LogP contribution in [-0.4, -0.2) is 27.3 Å². The van der Waals surface area contributed by atoms with E-state index in [1.165, 1.54) is 6.92 Å². The number of halogens is 2. The van der Waals surface area contributed by atoms with Crippen LogP contribution in [0.25, 0.3) is 0 Å². The lowest BCUT2D eigenvalue weighted by molar-refractivity contribution is 0.0674. The average molecular weight is 230 g/mol. The molecule has 0 aromatic heterocycles. The minimum absolute atomic E-state index is 1.00. The van der Waals surface area contributed by atoms with Gasteiger partial charge in [-0.05, 0) is 20.8 Å². The van der Waals surface area contributed by atoms with Gasteiger partial charge in [-0.2, -0.15) is 5.26 Å². The van der Waals surface area contributed by atoms with Gasteiger partial charge in [-0.3, -0.25) is 0 Å². The van der Waals surface area contributed by atoms with Gasteiger partial charge in [-0.25, -0.2) is 0 Å². The molecule has 3 nitrogen and oxygen atoms in total. The number of aliphatic hydroxyl groups is 2. The Hall–Kier alpha value is -0.0100. The maximum absolute atomic E-state index is 9.09. The van der Waals surface area contributed by atoms with Crippen LogP contribution in [-0.2, 0) is 0 Å². The highest BCUT2D eigenvalue weighted by Crippen LogP contribution is 2.32. The summed E-state index contributed by atoms with van der Waals surface area (Å²) in [5.41, 5.74) is -1.03. The van der Waals surface area contributed by atoms with Crippen molar-refractivity contribution in [2.24, 2.45) is 0 Å². The summed E-state index contributed by atoms with van der Waals surface area (Å²) in [5, 5.41) is 23.4. The van der Waals surface area contributed by atoms with Crippen molar-refractivity contribution in [3.63, 3.8) is 0 Å². The molecular formula is C8H17Cl2NO2. The molecule has 0 saturated carbocycles. The van der Waals surface area contributed by atoms with Gasteiger partial charge in [-0.15, -0.1) is 0 Å². The largest absolute Gasteiger partial charge is 0.400 e. The molecule has 0 aliphatic rings. The van der Waals surface area contributed by atoms with E-state index in [1.807, 2.05) is 0 Å². The van der Waals surface area contributed by atoms with Crippen molar-refractivity contribution < 1.29 is 10.2 Å². The van der Waals surface area contributed by atoms with Gasteiger partial charge in [0.05, 0.1) is 11.7 Å². The van der Waals surface area contributed by atoms with Crippen LogP contribution in [0, 0.1) is 11.3 Å². The maximum Gasteiger partial charge on any atom is 0.143 e. The summed E-state index contributed by atoms with van der Waals surface area (Å²) in [5.74, 6) is 0. The van der Waals surface area contributed by atoms with Crippen LogP contribution in [0.2, 0.25) is 0 Å². The van der Waals surface area contributed by atoms with Crippen LogP contribution >= 0.6 is 23.2 Å². The first-order chi connectivity index (χ1) is 5.66. The zero-order valence-corrected chi connectivity index (χ0v) is 10.1. The minimum Gasteiger partial charge on any atom is -0.400 e. The maximum atomic E-state index is 9.09. The predicted octanol–water partition coefficient (Wildman–Crippen LogP) is 2.09. The van der Waals surface area contributed by atoms with Crippen LogP contribution < -0.4 is 0 Å². The molecule has 0 rings (SSSR count). The third kappa shape index (κ3) is 14.8. The SMILES string of the molecule is CC#N.CC(C)(O)C(C)(Cl)Cl.CO. The van der Waals surface area contributed by atoms with E-state index in [-0.39, 0.29) is 0 Å². The summed E-state index contributed by atoms with van der Waals surface area (Å²) in [4.78, 5) is 0. The number of rotatable bonds is 1. The predicted molar refractivity (Wildman–Crippen MR) is 55.8 cm³/mol. The minimum atomic E-state index is -1.06. The van der Waals surface area contributed by atoms with E-state index in [4.69, 9.17) is 38.7 Å². The van der Waals surface area contributed by atoms with Gasteiger partial charge in [0.1, 0.15) is 4.33 Å². The van der Waals surface area contributed by atoms with Gasteiger partial charge in [0.25, 0.3) is 0 Å². The molecule has 0 aromatic carbocycles. The molecule has 0 saturated heterocycles. The molecule has 0 fully saturated rings. The topological polar surface area (TPSA) is 64.2 Å². The van der Waals surface area contributed by atoms with Crippen molar-refractivity contribution in [3.05, 3.63) is 0 Å². The number of nitrogens with zero attached hydrogens (tertiary/aromatic N) is 1. The summed E-state index contributed by atoms with van der Waals surface area (Å²) < 4.78 is -1.06. The first kappa shape index (κ1) is 18.7. The van der Waals surface area contributed by atoms with E-state index in [0.717, 1.165) is 7.11 Å². The Morgan fingerprint density at radius 2 is 1.23 bits per heavy atom. The number of nitriles is 1. The van der Waals surface area contributed by atoms with Gasteiger partial charge < -0.3 is 10.2 Å². The van der Waals surface area contributed by atoms with Gasteiger partial charge in [-0.1, -0.05) is 23.2 Å². The van der Waals surface area contributed by atoms with Crippen molar-refractivity contribution in [2.75, 3.05) is 7.11 Å². The Labute approximate surface area is 89.9 Å². The smallest absolute Gasteiger partial charge is 0.143 e. The number of alkyl halides is 2. The zero-order valence-electron chi connectivity index (χ0n) is 8.60. The molecular weight excluding hydrogens is 213 g/mol. The molecule has 0 aliphatic carbocycles. The molecule has 0 heterocycles. The van der Waals surface area contributed by atoms with Gasteiger partial charge in [0, 0.05) is 14.0 Å². The Bertz CT molecular complexity index is 130. The molecule has 0 bridgehead atoms. The molecule has 0 aliphatic heterocycles. The third-order valence-corrected chi connectivity index (χ3v) is 2.00. The standard InChI is InChI=1S/C5H10Cl2O.C2H3N.CH4O/c1-4(2,8)5(3,6)7;1-2-3;1-2/h8H,1-3H3;1H3;2H,1H3. The monoisotopic (exact) mass is 229 g/mol. The fourth-order valence-electron chi connectivity index (χ4n) is 0. The summed E-state index contributed by atoms with van der Waals surface area (Å²) in [6.45, 7) is 6.11. The highest BCUT2D eigenvalue weighted by Gasteiger charge is 2.35. The van der Waals surface area contributed by atoms with E-state index in [2.05, 4.69) is 0 Å². The van der Waals surface area contributed by atoms with E-state index in [1.54, 1.807) is 26.8 Å². The quantitative estimate of drug-likeness (QED) is 0.678. The van der Waals surface area contributed by atoms with E-state index >= 15 is 0 Å². The summed E-state index contributed by atoms with van der Waals surface area (Å²) in [6.07, 6.45) is 0. The highest BCUT2D eigenvalue weighted by molar-refractivity contribution is 6.48. The second kappa shape index (κ2) is 8.58. The lowest BCUT2D eigenvalue weighted by atomic mass is 10.1. The summed E-state index contributed by atoms with van der Waals surface area (Å²) in [7, 11) is 1.00. The third-order valence-electron chi connectivity index (χ3n) is 1.07. The number of aliphatic hydroxyl groups excluding tert-OH is 1. The molecule has 80 valence electrons. The summed E-state index contributed by atoms with van der Waals surface area (Å²) >= 11 is 11.0. The molecule has 13 heavy (non-hydrogen) atoms. The lowest BCUT2D eigenvalue weighted by Gasteiger charge is -2.28. The van der Waals surface area contributed by atoms with Gasteiger partial charge in [0.2, 0.25) is 0 Å². The molecule has 5 heteroatoms. The van der Waals surface area contributed by atoms with Crippen LogP contribution in [0.5, 0.6) is 0 Å². The number of hydrogen-bond donors (Lipinski definition) is 2. The Balaban J connectivity index is -0.000000169. The molecule has 0 unspecified atom stereocenters. The molecule has 0 amide bonds. The second-order valence-corrected chi connectivity index (χ2v) is 4.38. The fourth-order valence-corrected chi connectivity index (χ4v) is 0. The summed E-state index contributed by atoms with van der Waals surface area (Å²) in [6, 6.07) is 1.75. The van der Waals surface area contributed by atoms with Crippen LogP contribution in [0.1, 0.15) is 27.7 Å². The highest BCUT2D eigenvalue weighted by atomic mass is 35.5. The molecule has 0 radical (unpaired) electrons. The van der Waals surface area contributed by atoms with E-state index in [9.17, 15) is 0 Å². The van der Waals surface area contributed by atoms with E-state index in [0.29, 0.717) is 0 Å². The van der Waals surface area contributed by atoms with Gasteiger partial charge >= 0.3 is 0 Å². The Morgan fingerprint density at radius 1 is 1.15 bits per heavy atom. The van der Waals surface area contributed by atoms with Crippen LogP contribution in [0.4, 0.5) is 0 Å². The van der Waals surface area contributed by atoms with Crippen molar-refractivity contribution in [1.82, 2.24) is 0 Å². The molecule has 2 N–H and O–H groups in total. The van der Waals surface area contributed by atoms with Crippen LogP contribution in [0.15, 0.2) is 0 Å². The first-order valence-electron chi connectivity index (χ1n) is 3.52. The Morgan fingerprint density at radius 3 is 1.23 bits per heavy atom. The zero-order chi connectivity index (χ0) is 11.7. The Kier molecular flexibility index (Phi) is 12.4. The first-order valence-corrected chi connectivity index (χ1v) is 4.28. The van der Waals surface area contributed by atoms with Crippen molar-refractivity contribution >= 4 is 23.2 Å². The van der Waals surface area contributed by atoms with Gasteiger partial charge in [0.15, 0.2) is 0 Å². The van der Waals surface area contributed by atoms with Crippen molar-refractivity contribution in [3.8, 4) is 6.07 Å². The normalized spacial score (nSPS) is 9.85. The fraction of sp³-hybridized carbons (Fsp3) is 0.875. The molecule has 0 atom stereocenters. The van der Waals surface area contributed by atoms with Crippen molar-refractivity contribution in [1.29, 1.82) is 5.26 Å².